The van der Waals surface area contributed by atoms with Crippen LogP contribution in [0.25, 0.3) is 0 Å². The van der Waals surface area contributed by atoms with Crippen LogP contribution >= 0.6 is 0 Å². The van der Waals surface area contributed by atoms with Crippen LogP contribution in [0.1, 0.15) is 34.1 Å². The number of nitrogens with one attached hydrogen (secondary N) is 3. The molecule has 0 radical (unpaired) electrons. The highest BCUT2D eigenvalue weighted by molar-refractivity contribution is 7.91. The van der Waals surface area contributed by atoms with Gasteiger partial charge in [-0.3, -0.25) is 9.79 Å². The number of guanidine groups is 1. The highest BCUT2D eigenvalue weighted by atomic mass is 32.2. The van der Waals surface area contributed by atoms with E-state index in [1.165, 1.54) is 0 Å². The zero-order valence-electron chi connectivity index (χ0n) is 16.2. The molecule has 0 aliphatic carbocycles. The number of amides is 1. The molecular formula is C18H30N4O3S. The number of carbonyl (C=O) groups excluding carboxylic acids is 1. The van der Waals surface area contributed by atoms with Crippen LogP contribution in [0, 0.1) is 0 Å². The maximum atomic E-state index is 12.5. The maximum absolute atomic E-state index is 12.5. The summed E-state index contributed by atoms with van der Waals surface area (Å²) in [4.78, 5) is 16.3. The van der Waals surface area contributed by atoms with Crippen molar-refractivity contribution in [2.24, 2.45) is 4.99 Å². The molecule has 3 N–H and O–H groups in total. The summed E-state index contributed by atoms with van der Waals surface area (Å²) >= 11 is 0. The Morgan fingerprint density at radius 1 is 1.19 bits per heavy atom. The van der Waals surface area contributed by atoms with Crippen LogP contribution < -0.4 is 16.0 Å². The van der Waals surface area contributed by atoms with E-state index in [0.29, 0.717) is 17.3 Å². The number of aliphatic imine (C=N–C) groups is 1. The second-order valence-corrected chi connectivity index (χ2v) is 9.10. The summed E-state index contributed by atoms with van der Waals surface area (Å²) in [5.41, 5.74) is -0.314. The van der Waals surface area contributed by atoms with Crippen LogP contribution in [0.15, 0.2) is 40.2 Å². The first kappa shape index (κ1) is 22.0. The average Bonchev–Trinajstić information content (AvgIpc) is 2.56. The normalized spacial score (nSPS) is 13.8. The van der Waals surface area contributed by atoms with E-state index in [0.717, 1.165) is 0 Å². The third-order valence-electron chi connectivity index (χ3n) is 3.51. The zero-order chi connectivity index (χ0) is 19.8. The second kappa shape index (κ2) is 9.56. The quantitative estimate of drug-likeness (QED) is 0.488. The lowest BCUT2D eigenvalue weighted by molar-refractivity contribution is -0.121. The molecule has 0 saturated carbocycles. The molecule has 1 rings (SSSR count). The Hall–Kier alpha value is -2.09. The lowest BCUT2D eigenvalue weighted by Crippen LogP contribution is -2.50. The molecule has 0 fully saturated rings. The summed E-state index contributed by atoms with van der Waals surface area (Å²) < 4.78 is 25.1. The molecule has 0 heterocycles. The van der Waals surface area contributed by atoms with Gasteiger partial charge in [0.2, 0.25) is 5.91 Å². The number of rotatable bonds is 7. The topological polar surface area (TPSA) is 99.7 Å². The second-order valence-electron chi connectivity index (χ2n) is 7.07. The molecular weight excluding hydrogens is 352 g/mol. The Labute approximate surface area is 156 Å². The summed E-state index contributed by atoms with van der Waals surface area (Å²) in [5, 5.41) is 8.84. The van der Waals surface area contributed by atoms with Gasteiger partial charge in [-0.2, -0.15) is 0 Å². The molecule has 0 aliphatic heterocycles. The monoisotopic (exact) mass is 382 g/mol. The summed E-state index contributed by atoms with van der Waals surface area (Å²) in [5.74, 6) is 0.178. The minimum absolute atomic E-state index is 0.0532. The van der Waals surface area contributed by atoms with Crippen molar-refractivity contribution in [2.45, 2.75) is 50.6 Å². The molecule has 1 unspecified atom stereocenters. The van der Waals surface area contributed by atoms with Gasteiger partial charge in [0, 0.05) is 18.6 Å². The van der Waals surface area contributed by atoms with Crippen LogP contribution in [-0.2, 0) is 14.6 Å². The summed E-state index contributed by atoms with van der Waals surface area (Å²) in [6.45, 7) is 7.66. The largest absolute Gasteiger partial charge is 0.353 e. The SMILES string of the molecule is CCC(CS(=O)(=O)c1ccccc1)NC(=NC)NCC(=O)NC(C)(C)C. The molecule has 8 heteroatoms. The number of nitrogens with zero attached hydrogens (tertiary/aromatic N) is 1. The molecule has 1 amide bonds. The highest BCUT2D eigenvalue weighted by Gasteiger charge is 2.21. The van der Waals surface area contributed by atoms with Gasteiger partial charge in [-0.25, -0.2) is 8.42 Å². The average molecular weight is 383 g/mol. The van der Waals surface area contributed by atoms with Crippen molar-refractivity contribution >= 4 is 21.7 Å². The molecule has 0 bridgehead atoms. The van der Waals surface area contributed by atoms with Gasteiger partial charge in [-0.15, -0.1) is 0 Å². The van der Waals surface area contributed by atoms with Crippen molar-refractivity contribution in [2.75, 3.05) is 19.3 Å². The fourth-order valence-corrected chi connectivity index (χ4v) is 3.88. The van der Waals surface area contributed by atoms with E-state index in [2.05, 4.69) is 20.9 Å². The van der Waals surface area contributed by atoms with Crippen molar-refractivity contribution in [1.82, 2.24) is 16.0 Å². The first-order valence-electron chi connectivity index (χ1n) is 8.63. The van der Waals surface area contributed by atoms with Crippen molar-refractivity contribution in [3.63, 3.8) is 0 Å². The van der Waals surface area contributed by atoms with Gasteiger partial charge in [0.15, 0.2) is 15.8 Å². The Kier molecular flexibility index (Phi) is 8.08. The molecule has 146 valence electrons. The minimum Gasteiger partial charge on any atom is -0.353 e. The predicted molar refractivity (Wildman–Crippen MR) is 105 cm³/mol. The molecule has 7 nitrogen and oxygen atoms in total. The molecule has 0 saturated heterocycles. The van der Waals surface area contributed by atoms with E-state index in [1.807, 2.05) is 27.7 Å². The standard InChI is InChI=1S/C18H30N4O3S/c1-6-14(13-26(24,25)15-10-8-7-9-11-15)21-17(19-5)20-12-16(23)22-18(2,3)4/h7-11,14H,6,12-13H2,1-5H3,(H,22,23)(H2,19,20,21). The van der Waals surface area contributed by atoms with E-state index in [4.69, 9.17) is 0 Å². The minimum atomic E-state index is -3.41. The van der Waals surface area contributed by atoms with Gasteiger partial charge in [-0.1, -0.05) is 25.1 Å². The molecule has 0 aromatic heterocycles. The van der Waals surface area contributed by atoms with Gasteiger partial charge in [0.1, 0.15) is 0 Å². The Morgan fingerprint density at radius 3 is 2.31 bits per heavy atom. The zero-order valence-corrected chi connectivity index (χ0v) is 17.0. The fraction of sp³-hybridized carbons (Fsp3) is 0.556. The Bertz CT molecular complexity index is 710. The Morgan fingerprint density at radius 2 is 1.81 bits per heavy atom. The van der Waals surface area contributed by atoms with Crippen molar-refractivity contribution in [1.29, 1.82) is 0 Å². The van der Waals surface area contributed by atoms with E-state index in [9.17, 15) is 13.2 Å². The van der Waals surface area contributed by atoms with E-state index >= 15 is 0 Å². The molecule has 1 aromatic rings. The predicted octanol–water partition coefficient (Wildman–Crippen LogP) is 1.32. The molecule has 1 atom stereocenters. The van der Waals surface area contributed by atoms with Crippen LogP contribution in [0.4, 0.5) is 0 Å². The van der Waals surface area contributed by atoms with E-state index in [1.54, 1.807) is 37.4 Å². The van der Waals surface area contributed by atoms with E-state index in [-0.39, 0.29) is 29.8 Å². The van der Waals surface area contributed by atoms with Crippen molar-refractivity contribution < 1.29 is 13.2 Å². The van der Waals surface area contributed by atoms with E-state index < -0.39 is 9.84 Å². The molecule has 26 heavy (non-hydrogen) atoms. The summed E-state index contributed by atoms with van der Waals surface area (Å²) in [6.07, 6.45) is 0.598. The third kappa shape index (κ3) is 7.86. The lowest BCUT2D eigenvalue weighted by atomic mass is 10.1. The van der Waals surface area contributed by atoms with Crippen molar-refractivity contribution in [3.05, 3.63) is 30.3 Å². The van der Waals surface area contributed by atoms with Crippen LogP contribution in [0.3, 0.4) is 0 Å². The highest BCUT2D eigenvalue weighted by Crippen LogP contribution is 2.12. The number of benzene rings is 1. The lowest BCUT2D eigenvalue weighted by Gasteiger charge is -2.22. The van der Waals surface area contributed by atoms with Crippen LogP contribution in [-0.4, -0.2) is 51.2 Å². The molecule has 0 aliphatic rings. The molecule has 0 spiro atoms. The third-order valence-corrected chi connectivity index (χ3v) is 5.34. The van der Waals surface area contributed by atoms with Crippen LogP contribution in [0.5, 0.6) is 0 Å². The van der Waals surface area contributed by atoms with Gasteiger partial charge >= 0.3 is 0 Å². The van der Waals surface area contributed by atoms with Gasteiger partial charge < -0.3 is 16.0 Å². The van der Waals surface area contributed by atoms with Crippen LogP contribution in [0.2, 0.25) is 0 Å². The fourth-order valence-electron chi connectivity index (χ4n) is 2.26. The smallest absolute Gasteiger partial charge is 0.239 e. The number of hydrogen-bond acceptors (Lipinski definition) is 4. The Balaban J connectivity index is 2.66. The summed E-state index contributed by atoms with van der Waals surface area (Å²) in [7, 11) is -1.83. The first-order chi connectivity index (χ1) is 12.1. The molecule has 1 aromatic carbocycles. The first-order valence-corrected chi connectivity index (χ1v) is 10.3. The number of hydrogen-bond donors (Lipinski definition) is 3. The van der Waals surface area contributed by atoms with Gasteiger partial charge in [0.25, 0.3) is 0 Å². The maximum Gasteiger partial charge on any atom is 0.239 e. The van der Waals surface area contributed by atoms with Gasteiger partial charge in [0.05, 0.1) is 17.2 Å². The number of carbonyl (C=O) groups is 1. The number of sulfone groups is 1. The van der Waals surface area contributed by atoms with Gasteiger partial charge in [-0.05, 0) is 39.3 Å². The summed E-state index contributed by atoms with van der Waals surface area (Å²) in [6, 6.07) is 8.04. The van der Waals surface area contributed by atoms with Crippen molar-refractivity contribution in [3.8, 4) is 0 Å².